The van der Waals surface area contributed by atoms with Crippen LogP contribution in [0.5, 0.6) is 17.2 Å². The average molecular weight is 370 g/mol. The lowest BCUT2D eigenvalue weighted by Gasteiger charge is -2.19. The first-order valence-corrected chi connectivity index (χ1v) is 9.02. The Balaban J connectivity index is 1.79. The molecule has 144 valence electrons. The first-order valence-electron chi connectivity index (χ1n) is 9.02. The zero-order valence-electron chi connectivity index (χ0n) is 16.2. The molecule has 0 spiro atoms. The Morgan fingerprint density at radius 3 is 2.30 bits per heavy atom. The molecule has 3 aromatic rings. The SMILES string of the molecule is COc1cccc(OC)c1OCC(O)Cn1c(C(C)C)nc2ccccc21. The molecule has 6 nitrogen and oxygen atoms in total. The van der Waals surface area contributed by atoms with Gasteiger partial charge >= 0.3 is 0 Å². The third-order valence-corrected chi connectivity index (χ3v) is 4.40. The molecule has 27 heavy (non-hydrogen) atoms. The van der Waals surface area contributed by atoms with Crippen LogP contribution in [0.2, 0.25) is 0 Å². The van der Waals surface area contributed by atoms with Gasteiger partial charge in [-0.05, 0) is 24.3 Å². The minimum Gasteiger partial charge on any atom is -0.493 e. The van der Waals surface area contributed by atoms with E-state index in [0.29, 0.717) is 23.8 Å². The van der Waals surface area contributed by atoms with Crippen LogP contribution in [-0.2, 0) is 6.54 Å². The third-order valence-electron chi connectivity index (χ3n) is 4.40. The summed E-state index contributed by atoms with van der Waals surface area (Å²) in [6.45, 7) is 4.70. The third kappa shape index (κ3) is 4.01. The number of rotatable bonds is 8. The maximum Gasteiger partial charge on any atom is 0.203 e. The molecule has 0 aliphatic heterocycles. The van der Waals surface area contributed by atoms with Crippen LogP contribution in [0.25, 0.3) is 11.0 Å². The van der Waals surface area contributed by atoms with Crippen molar-refractivity contribution in [3.05, 3.63) is 48.3 Å². The molecule has 1 N–H and O–H groups in total. The number of imidazole rings is 1. The van der Waals surface area contributed by atoms with E-state index in [1.807, 2.05) is 30.3 Å². The lowest BCUT2D eigenvalue weighted by molar-refractivity contribution is 0.0894. The van der Waals surface area contributed by atoms with Crippen LogP contribution in [-0.4, -0.2) is 41.6 Å². The van der Waals surface area contributed by atoms with Crippen molar-refractivity contribution in [2.75, 3.05) is 20.8 Å². The van der Waals surface area contributed by atoms with Gasteiger partial charge in [0.15, 0.2) is 11.5 Å². The highest BCUT2D eigenvalue weighted by Crippen LogP contribution is 2.36. The van der Waals surface area contributed by atoms with E-state index < -0.39 is 6.10 Å². The molecular formula is C21H26N2O4. The second-order valence-corrected chi connectivity index (χ2v) is 6.68. The van der Waals surface area contributed by atoms with Gasteiger partial charge in [0, 0.05) is 5.92 Å². The summed E-state index contributed by atoms with van der Waals surface area (Å²) in [5.41, 5.74) is 1.94. The molecule has 1 aromatic heterocycles. The monoisotopic (exact) mass is 370 g/mol. The molecule has 0 fully saturated rings. The van der Waals surface area contributed by atoms with E-state index in [1.165, 1.54) is 0 Å². The van der Waals surface area contributed by atoms with Crippen molar-refractivity contribution in [3.63, 3.8) is 0 Å². The fourth-order valence-corrected chi connectivity index (χ4v) is 3.13. The number of methoxy groups -OCH3 is 2. The lowest BCUT2D eigenvalue weighted by Crippen LogP contribution is -2.25. The summed E-state index contributed by atoms with van der Waals surface area (Å²) < 4.78 is 18.6. The molecule has 6 heteroatoms. The van der Waals surface area contributed by atoms with E-state index in [-0.39, 0.29) is 12.5 Å². The Labute approximate surface area is 159 Å². The van der Waals surface area contributed by atoms with Gasteiger partial charge < -0.3 is 23.9 Å². The second kappa shape index (κ2) is 8.31. The fraction of sp³-hybridized carbons (Fsp3) is 0.381. The Kier molecular flexibility index (Phi) is 5.86. The predicted molar refractivity (Wildman–Crippen MR) is 105 cm³/mol. The molecule has 0 saturated carbocycles. The summed E-state index contributed by atoms with van der Waals surface area (Å²) in [7, 11) is 3.15. The number of aromatic nitrogens is 2. The van der Waals surface area contributed by atoms with Gasteiger partial charge in [0.2, 0.25) is 5.75 Å². The van der Waals surface area contributed by atoms with E-state index in [0.717, 1.165) is 16.9 Å². The number of hydrogen-bond donors (Lipinski definition) is 1. The van der Waals surface area contributed by atoms with Crippen molar-refractivity contribution in [2.45, 2.75) is 32.4 Å². The van der Waals surface area contributed by atoms with Gasteiger partial charge in [0.1, 0.15) is 18.5 Å². The number of nitrogens with zero attached hydrogens (tertiary/aromatic N) is 2. The van der Waals surface area contributed by atoms with Crippen molar-refractivity contribution >= 4 is 11.0 Å². The maximum absolute atomic E-state index is 10.6. The molecule has 2 aromatic carbocycles. The zero-order chi connectivity index (χ0) is 19.4. The summed E-state index contributed by atoms with van der Waals surface area (Å²) in [6, 6.07) is 13.4. The van der Waals surface area contributed by atoms with Crippen LogP contribution in [0.4, 0.5) is 0 Å². The van der Waals surface area contributed by atoms with E-state index in [4.69, 9.17) is 19.2 Å². The van der Waals surface area contributed by atoms with E-state index >= 15 is 0 Å². The molecule has 0 radical (unpaired) electrons. The smallest absolute Gasteiger partial charge is 0.203 e. The van der Waals surface area contributed by atoms with Crippen molar-refractivity contribution in [2.24, 2.45) is 0 Å². The Morgan fingerprint density at radius 2 is 1.67 bits per heavy atom. The van der Waals surface area contributed by atoms with Gasteiger partial charge in [-0.25, -0.2) is 4.98 Å². The van der Waals surface area contributed by atoms with E-state index in [2.05, 4.69) is 18.4 Å². The van der Waals surface area contributed by atoms with E-state index in [9.17, 15) is 5.11 Å². The lowest BCUT2D eigenvalue weighted by atomic mass is 10.2. The van der Waals surface area contributed by atoms with E-state index in [1.54, 1.807) is 26.4 Å². The first kappa shape index (κ1) is 19.0. The fourth-order valence-electron chi connectivity index (χ4n) is 3.13. The van der Waals surface area contributed by atoms with Crippen LogP contribution < -0.4 is 14.2 Å². The van der Waals surface area contributed by atoms with Gasteiger partial charge in [-0.15, -0.1) is 0 Å². The molecule has 1 atom stereocenters. The molecule has 0 aliphatic carbocycles. The summed E-state index contributed by atoms with van der Waals surface area (Å²) in [6.07, 6.45) is -0.713. The first-order chi connectivity index (χ1) is 13.0. The standard InChI is InChI=1S/C21H26N2O4/c1-14(2)21-22-16-8-5-6-9-17(16)23(21)12-15(24)13-27-20-18(25-3)10-7-11-19(20)26-4/h5-11,14-15,24H,12-13H2,1-4H3. The minimum absolute atomic E-state index is 0.112. The number of ether oxygens (including phenoxy) is 3. The number of aliphatic hydroxyl groups excluding tert-OH is 1. The molecule has 0 bridgehead atoms. The van der Waals surface area contributed by atoms with Crippen LogP contribution in [0.15, 0.2) is 42.5 Å². The van der Waals surface area contributed by atoms with Gasteiger partial charge in [0.25, 0.3) is 0 Å². The highest BCUT2D eigenvalue weighted by atomic mass is 16.5. The molecular weight excluding hydrogens is 344 g/mol. The second-order valence-electron chi connectivity index (χ2n) is 6.68. The summed E-state index contributed by atoms with van der Waals surface area (Å²) in [5.74, 6) is 2.82. The predicted octanol–water partition coefficient (Wildman–Crippen LogP) is 3.62. The van der Waals surface area contributed by atoms with Crippen molar-refractivity contribution in [1.82, 2.24) is 9.55 Å². The normalized spacial score (nSPS) is 12.4. The molecule has 0 aliphatic rings. The molecule has 0 saturated heterocycles. The quantitative estimate of drug-likeness (QED) is 0.656. The largest absolute Gasteiger partial charge is 0.493 e. The zero-order valence-corrected chi connectivity index (χ0v) is 16.2. The molecule has 3 rings (SSSR count). The highest BCUT2D eigenvalue weighted by molar-refractivity contribution is 5.76. The van der Waals surface area contributed by atoms with Crippen molar-refractivity contribution in [3.8, 4) is 17.2 Å². The van der Waals surface area contributed by atoms with Gasteiger partial charge in [-0.1, -0.05) is 32.0 Å². The minimum atomic E-state index is -0.713. The Bertz CT molecular complexity index is 882. The number of para-hydroxylation sites is 3. The molecule has 1 heterocycles. The van der Waals surface area contributed by atoms with Gasteiger partial charge in [0.05, 0.1) is 31.8 Å². The van der Waals surface area contributed by atoms with Crippen LogP contribution in [0, 0.1) is 0 Å². The maximum atomic E-state index is 10.6. The van der Waals surface area contributed by atoms with Crippen LogP contribution in [0.3, 0.4) is 0 Å². The Morgan fingerprint density at radius 1 is 1.00 bits per heavy atom. The number of aliphatic hydroxyl groups is 1. The summed E-state index contributed by atoms with van der Waals surface area (Å²) >= 11 is 0. The molecule has 1 unspecified atom stereocenters. The van der Waals surface area contributed by atoms with Crippen LogP contribution >= 0.6 is 0 Å². The highest BCUT2D eigenvalue weighted by Gasteiger charge is 2.18. The summed E-state index contributed by atoms with van der Waals surface area (Å²) in [4.78, 5) is 4.71. The summed E-state index contributed by atoms with van der Waals surface area (Å²) in [5, 5.41) is 10.6. The van der Waals surface area contributed by atoms with Crippen molar-refractivity contribution in [1.29, 1.82) is 0 Å². The Hall–Kier alpha value is -2.73. The topological polar surface area (TPSA) is 65.7 Å². The van der Waals surface area contributed by atoms with Gasteiger partial charge in [-0.3, -0.25) is 0 Å². The number of benzene rings is 2. The average Bonchev–Trinajstić information content (AvgIpc) is 3.04. The number of fused-ring (bicyclic) bond motifs is 1. The number of hydrogen-bond acceptors (Lipinski definition) is 5. The van der Waals surface area contributed by atoms with Crippen molar-refractivity contribution < 1.29 is 19.3 Å². The molecule has 0 amide bonds. The van der Waals surface area contributed by atoms with Crippen LogP contribution in [0.1, 0.15) is 25.6 Å². The van der Waals surface area contributed by atoms with Gasteiger partial charge in [-0.2, -0.15) is 0 Å².